The molecule has 24 heavy (non-hydrogen) atoms. The molecule has 1 heterocycles. The Kier molecular flexibility index (Phi) is 11.6. The van der Waals surface area contributed by atoms with Gasteiger partial charge in [-0.1, -0.05) is 0 Å². The van der Waals surface area contributed by atoms with Gasteiger partial charge in [0.1, 0.15) is 11.5 Å². The van der Waals surface area contributed by atoms with Crippen molar-refractivity contribution in [3.63, 3.8) is 0 Å². The molecule has 0 unspecified atom stereocenters. The Balaban J connectivity index is 0.00000264. The van der Waals surface area contributed by atoms with Crippen molar-refractivity contribution in [1.29, 1.82) is 0 Å². The lowest BCUT2D eigenvalue weighted by Gasteiger charge is -2.08. The van der Waals surface area contributed by atoms with Gasteiger partial charge in [-0.15, -0.1) is 24.8 Å². The first-order chi connectivity index (χ1) is 10.8. The van der Waals surface area contributed by atoms with Crippen LogP contribution in [0.5, 0.6) is 11.5 Å². The minimum absolute atomic E-state index is 0. The van der Waals surface area contributed by atoms with E-state index in [1.54, 1.807) is 55.9 Å². The summed E-state index contributed by atoms with van der Waals surface area (Å²) in [5, 5.41) is 5.78. The van der Waals surface area contributed by atoms with Gasteiger partial charge < -0.3 is 20.1 Å². The number of anilines is 1. The Labute approximate surface area is 153 Å². The molecule has 0 saturated carbocycles. The van der Waals surface area contributed by atoms with E-state index in [1.807, 2.05) is 0 Å². The predicted octanol–water partition coefficient (Wildman–Crippen LogP) is 2.89. The van der Waals surface area contributed by atoms with Gasteiger partial charge in [-0.2, -0.15) is 0 Å². The molecule has 2 aromatic rings. The number of hydrogen-bond donors (Lipinski definition) is 2. The molecule has 1 aromatic heterocycles. The fourth-order valence-corrected chi connectivity index (χ4v) is 1.73. The number of pyridine rings is 1. The summed E-state index contributed by atoms with van der Waals surface area (Å²) in [5.41, 5.74) is 0.723. The highest BCUT2D eigenvalue weighted by Gasteiger charge is 2.02. The highest BCUT2D eigenvalue weighted by molar-refractivity contribution is 5.92. The Morgan fingerprint density at radius 2 is 1.67 bits per heavy atom. The third-order valence-electron chi connectivity index (χ3n) is 2.79. The maximum absolute atomic E-state index is 11.7. The van der Waals surface area contributed by atoms with E-state index in [-0.39, 0.29) is 37.3 Å². The van der Waals surface area contributed by atoms with Gasteiger partial charge in [-0.3, -0.25) is 9.78 Å². The van der Waals surface area contributed by atoms with Crippen LogP contribution in [0.15, 0.2) is 48.8 Å². The topological polar surface area (TPSA) is 72.5 Å². The van der Waals surface area contributed by atoms with Crippen LogP contribution in [0.2, 0.25) is 0 Å². The second-order valence-corrected chi connectivity index (χ2v) is 4.53. The van der Waals surface area contributed by atoms with E-state index >= 15 is 0 Å². The first-order valence-corrected chi connectivity index (χ1v) is 6.95. The minimum atomic E-state index is -0.0982. The molecule has 1 aromatic carbocycles. The van der Waals surface area contributed by atoms with Crippen molar-refractivity contribution in [2.75, 3.05) is 32.1 Å². The zero-order chi connectivity index (χ0) is 15.6. The maximum Gasteiger partial charge on any atom is 0.238 e. The molecule has 2 N–H and O–H groups in total. The van der Waals surface area contributed by atoms with Crippen LogP contribution >= 0.6 is 24.8 Å². The summed E-state index contributed by atoms with van der Waals surface area (Å²) in [6, 6.07) is 10.7. The maximum atomic E-state index is 11.7. The minimum Gasteiger partial charge on any atom is -0.457 e. The summed E-state index contributed by atoms with van der Waals surface area (Å²) in [5.74, 6) is 1.32. The van der Waals surface area contributed by atoms with Crippen molar-refractivity contribution < 1.29 is 14.3 Å². The van der Waals surface area contributed by atoms with Crippen molar-refractivity contribution in [3.8, 4) is 11.5 Å². The Bertz CT molecular complexity index is 583. The molecule has 0 atom stereocenters. The summed E-state index contributed by atoms with van der Waals surface area (Å²) in [6.07, 6.45) is 3.33. The van der Waals surface area contributed by atoms with Crippen molar-refractivity contribution in [3.05, 3.63) is 48.8 Å². The number of nitrogens with zero attached hydrogens (tertiary/aromatic N) is 1. The second kappa shape index (κ2) is 12.5. The zero-order valence-electron chi connectivity index (χ0n) is 13.2. The van der Waals surface area contributed by atoms with Crippen molar-refractivity contribution in [1.82, 2.24) is 10.3 Å². The summed E-state index contributed by atoms with van der Waals surface area (Å²) in [4.78, 5) is 15.6. The van der Waals surface area contributed by atoms with Gasteiger partial charge in [0.2, 0.25) is 5.91 Å². The number of rotatable bonds is 8. The molecule has 0 aliphatic heterocycles. The number of halogens is 2. The van der Waals surface area contributed by atoms with Crippen LogP contribution in [-0.2, 0) is 9.53 Å². The third kappa shape index (κ3) is 8.12. The molecule has 0 aliphatic rings. The van der Waals surface area contributed by atoms with Gasteiger partial charge in [0.25, 0.3) is 0 Å². The molecule has 1 amide bonds. The van der Waals surface area contributed by atoms with Crippen molar-refractivity contribution in [2.45, 2.75) is 0 Å². The number of hydrogen-bond acceptors (Lipinski definition) is 5. The summed E-state index contributed by atoms with van der Waals surface area (Å²) < 4.78 is 10.5. The van der Waals surface area contributed by atoms with Crippen molar-refractivity contribution in [2.24, 2.45) is 0 Å². The number of carbonyl (C=O) groups is 1. The van der Waals surface area contributed by atoms with E-state index in [0.29, 0.717) is 24.7 Å². The van der Waals surface area contributed by atoms with E-state index in [1.165, 1.54) is 0 Å². The predicted molar refractivity (Wildman–Crippen MR) is 98.6 cm³/mol. The number of nitrogens with one attached hydrogen (secondary N) is 2. The number of benzene rings is 1. The molecular formula is C16H21Cl2N3O3. The molecule has 0 fully saturated rings. The normalized spacial score (nSPS) is 9.38. The van der Waals surface area contributed by atoms with Gasteiger partial charge in [-0.25, -0.2) is 0 Å². The molecule has 6 nitrogen and oxygen atoms in total. The van der Waals surface area contributed by atoms with Crippen LogP contribution in [0.1, 0.15) is 0 Å². The standard InChI is InChI=1S/C16H19N3O3.2ClH/c1-21-11-10-18-12-16(20)19-13-2-4-14(5-3-13)22-15-6-8-17-9-7-15;;/h2-9,18H,10-12H2,1H3,(H,19,20);2*1H. The Hall–Kier alpha value is -1.86. The largest absolute Gasteiger partial charge is 0.457 e. The van der Waals surface area contributed by atoms with Gasteiger partial charge in [-0.05, 0) is 36.4 Å². The number of amides is 1. The highest BCUT2D eigenvalue weighted by Crippen LogP contribution is 2.22. The number of methoxy groups -OCH3 is 1. The van der Waals surface area contributed by atoms with Crippen LogP contribution < -0.4 is 15.4 Å². The lowest BCUT2D eigenvalue weighted by atomic mass is 10.3. The lowest BCUT2D eigenvalue weighted by molar-refractivity contribution is -0.115. The van der Waals surface area contributed by atoms with E-state index in [0.717, 1.165) is 5.69 Å². The summed E-state index contributed by atoms with van der Waals surface area (Å²) in [6.45, 7) is 1.47. The SMILES string of the molecule is COCCNCC(=O)Nc1ccc(Oc2ccncc2)cc1.Cl.Cl. The van der Waals surface area contributed by atoms with Gasteiger partial charge in [0.05, 0.1) is 13.2 Å². The number of aromatic nitrogens is 1. The first-order valence-electron chi connectivity index (χ1n) is 6.95. The molecule has 0 spiro atoms. The molecule has 0 saturated heterocycles. The first kappa shape index (κ1) is 22.1. The molecule has 2 rings (SSSR count). The van der Waals surface area contributed by atoms with Crippen LogP contribution in [0.3, 0.4) is 0 Å². The number of carbonyl (C=O) groups excluding carboxylic acids is 1. The van der Waals surface area contributed by atoms with Crippen molar-refractivity contribution >= 4 is 36.4 Å². The lowest BCUT2D eigenvalue weighted by Crippen LogP contribution is -2.30. The molecule has 0 aliphatic carbocycles. The second-order valence-electron chi connectivity index (χ2n) is 4.53. The van der Waals surface area contributed by atoms with E-state index in [2.05, 4.69) is 15.6 Å². The Morgan fingerprint density at radius 3 is 2.29 bits per heavy atom. The molecule has 132 valence electrons. The average molecular weight is 374 g/mol. The van der Waals surface area contributed by atoms with E-state index in [4.69, 9.17) is 9.47 Å². The molecular weight excluding hydrogens is 353 g/mol. The quantitative estimate of drug-likeness (QED) is 0.696. The third-order valence-corrected chi connectivity index (χ3v) is 2.79. The van der Waals surface area contributed by atoms with E-state index < -0.39 is 0 Å². The zero-order valence-corrected chi connectivity index (χ0v) is 14.9. The molecule has 8 heteroatoms. The monoisotopic (exact) mass is 373 g/mol. The fourth-order valence-electron chi connectivity index (χ4n) is 1.73. The van der Waals surface area contributed by atoms with Gasteiger partial charge in [0, 0.05) is 31.7 Å². The van der Waals surface area contributed by atoms with Crippen LogP contribution in [0, 0.1) is 0 Å². The fraction of sp³-hybridized carbons (Fsp3) is 0.250. The number of ether oxygens (including phenoxy) is 2. The highest BCUT2D eigenvalue weighted by atomic mass is 35.5. The summed E-state index contributed by atoms with van der Waals surface area (Å²) in [7, 11) is 1.62. The van der Waals surface area contributed by atoms with E-state index in [9.17, 15) is 4.79 Å². The molecule has 0 bridgehead atoms. The van der Waals surface area contributed by atoms with Crippen LogP contribution in [0.25, 0.3) is 0 Å². The smallest absolute Gasteiger partial charge is 0.238 e. The Morgan fingerprint density at radius 1 is 1.04 bits per heavy atom. The van der Waals surface area contributed by atoms with Crippen LogP contribution in [0.4, 0.5) is 5.69 Å². The molecule has 0 radical (unpaired) electrons. The summed E-state index contributed by atoms with van der Waals surface area (Å²) >= 11 is 0. The average Bonchev–Trinajstić information content (AvgIpc) is 2.54. The van der Waals surface area contributed by atoms with Crippen LogP contribution in [-0.4, -0.2) is 37.7 Å². The van der Waals surface area contributed by atoms with Gasteiger partial charge >= 0.3 is 0 Å². The van der Waals surface area contributed by atoms with Gasteiger partial charge in [0.15, 0.2) is 0 Å².